The molecule has 1 fully saturated rings. The van der Waals surface area contributed by atoms with E-state index in [0.29, 0.717) is 6.04 Å². The fraction of sp³-hybridized carbons (Fsp3) is 0.615. The van der Waals surface area contributed by atoms with E-state index in [1.807, 2.05) is 6.07 Å². The zero-order valence-corrected chi connectivity index (χ0v) is 9.70. The SMILES string of the molecule is COc1ccc2c(n1)CC(C1CCCN1)C2. The Labute approximate surface area is 96.2 Å². The molecule has 0 saturated carbocycles. The molecule has 3 nitrogen and oxygen atoms in total. The Morgan fingerprint density at radius 1 is 1.38 bits per heavy atom. The van der Waals surface area contributed by atoms with Gasteiger partial charge in [0.2, 0.25) is 5.88 Å². The standard InChI is InChI=1S/C13H18N2O/c1-16-13-5-4-9-7-10(8-12(9)15-13)11-3-2-6-14-11/h4-5,10-11,14H,2-3,6-8H2,1H3. The van der Waals surface area contributed by atoms with Crippen LogP contribution in [0.1, 0.15) is 24.1 Å². The Balaban J connectivity index is 1.77. The summed E-state index contributed by atoms with van der Waals surface area (Å²) in [6.45, 7) is 1.19. The minimum atomic E-state index is 0.709. The predicted octanol–water partition coefficient (Wildman–Crippen LogP) is 1.56. The minimum Gasteiger partial charge on any atom is -0.481 e. The number of hydrogen-bond acceptors (Lipinski definition) is 3. The van der Waals surface area contributed by atoms with Crippen molar-refractivity contribution in [3.63, 3.8) is 0 Å². The molecule has 86 valence electrons. The maximum atomic E-state index is 5.17. The number of hydrogen-bond donors (Lipinski definition) is 1. The van der Waals surface area contributed by atoms with Gasteiger partial charge >= 0.3 is 0 Å². The summed E-state index contributed by atoms with van der Waals surface area (Å²) in [5.74, 6) is 1.50. The first kappa shape index (κ1) is 10.1. The second-order valence-electron chi connectivity index (χ2n) is 4.83. The van der Waals surface area contributed by atoms with Crippen molar-refractivity contribution in [3.8, 4) is 5.88 Å². The number of pyridine rings is 1. The van der Waals surface area contributed by atoms with Crippen LogP contribution in [0.3, 0.4) is 0 Å². The first-order valence-electron chi connectivity index (χ1n) is 6.13. The van der Waals surface area contributed by atoms with E-state index in [2.05, 4.69) is 16.4 Å². The van der Waals surface area contributed by atoms with Crippen LogP contribution in [0.5, 0.6) is 5.88 Å². The van der Waals surface area contributed by atoms with Crippen molar-refractivity contribution in [3.05, 3.63) is 23.4 Å². The molecule has 0 spiro atoms. The Bertz CT molecular complexity index is 386. The largest absolute Gasteiger partial charge is 0.481 e. The van der Waals surface area contributed by atoms with Crippen molar-refractivity contribution in [2.24, 2.45) is 5.92 Å². The molecule has 1 aliphatic heterocycles. The molecule has 1 aromatic heterocycles. The van der Waals surface area contributed by atoms with E-state index in [1.165, 1.54) is 37.1 Å². The number of nitrogens with one attached hydrogen (secondary N) is 1. The van der Waals surface area contributed by atoms with Crippen molar-refractivity contribution in [1.82, 2.24) is 10.3 Å². The molecule has 2 unspecified atom stereocenters. The van der Waals surface area contributed by atoms with Crippen LogP contribution in [0.15, 0.2) is 12.1 Å². The Morgan fingerprint density at radius 3 is 3.06 bits per heavy atom. The van der Waals surface area contributed by atoms with Gasteiger partial charge in [-0.1, -0.05) is 6.07 Å². The lowest BCUT2D eigenvalue weighted by molar-refractivity contribution is 0.391. The molecule has 2 heterocycles. The summed E-state index contributed by atoms with van der Waals surface area (Å²) in [4.78, 5) is 4.54. The molecule has 0 aromatic carbocycles. The normalized spacial score (nSPS) is 28.1. The average Bonchev–Trinajstić information content (AvgIpc) is 2.96. The highest BCUT2D eigenvalue weighted by Gasteiger charge is 2.31. The van der Waals surface area contributed by atoms with Crippen LogP contribution in [-0.4, -0.2) is 24.7 Å². The van der Waals surface area contributed by atoms with Crippen LogP contribution in [0, 0.1) is 5.92 Å². The summed E-state index contributed by atoms with van der Waals surface area (Å²) in [6, 6.07) is 4.86. The second-order valence-corrected chi connectivity index (χ2v) is 4.83. The predicted molar refractivity (Wildman–Crippen MR) is 62.7 cm³/mol. The minimum absolute atomic E-state index is 0.709. The molecule has 3 heteroatoms. The van der Waals surface area contributed by atoms with Gasteiger partial charge in [-0.2, -0.15) is 0 Å². The van der Waals surface area contributed by atoms with Crippen molar-refractivity contribution in [2.45, 2.75) is 31.7 Å². The fourth-order valence-corrected chi connectivity index (χ4v) is 2.99. The molecular formula is C13H18N2O. The van der Waals surface area contributed by atoms with Gasteiger partial charge in [-0.25, -0.2) is 4.98 Å². The second kappa shape index (κ2) is 4.06. The van der Waals surface area contributed by atoms with Crippen LogP contribution in [0.2, 0.25) is 0 Å². The molecule has 3 rings (SSSR count). The van der Waals surface area contributed by atoms with E-state index in [4.69, 9.17) is 4.74 Å². The number of fused-ring (bicyclic) bond motifs is 1. The summed E-state index contributed by atoms with van der Waals surface area (Å²) >= 11 is 0. The quantitative estimate of drug-likeness (QED) is 0.818. The number of methoxy groups -OCH3 is 1. The Morgan fingerprint density at radius 2 is 2.31 bits per heavy atom. The zero-order chi connectivity index (χ0) is 11.0. The highest BCUT2D eigenvalue weighted by atomic mass is 16.5. The van der Waals surface area contributed by atoms with Gasteiger partial charge in [-0.3, -0.25) is 0 Å². The van der Waals surface area contributed by atoms with Gasteiger partial charge in [0.1, 0.15) is 0 Å². The van der Waals surface area contributed by atoms with E-state index in [9.17, 15) is 0 Å². The number of ether oxygens (including phenoxy) is 1. The topological polar surface area (TPSA) is 34.1 Å². The first-order valence-corrected chi connectivity index (χ1v) is 6.13. The van der Waals surface area contributed by atoms with E-state index in [-0.39, 0.29) is 0 Å². The summed E-state index contributed by atoms with van der Waals surface area (Å²) in [6.07, 6.45) is 4.96. The molecule has 1 aromatic rings. The summed E-state index contributed by atoms with van der Waals surface area (Å²) in [5, 5.41) is 3.60. The maximum Gasteiger partial charge on any atom is 0.213 e. The molecule has 16 heavy (non-hydrogen) atoms. The number of aromatic nitrogens is 1. The summed E-state index contributed by atoms with van der Waals surface area (Å²) in [7, 11) is 1.68. The van der Waals surface area contributed by atoms with Crippen molar-refractivity contribution in [2.75, 3.05) is 13.7 Å². The lowest BCUT2D eigenvalue weighted by Gasteiger charge is -2.17. The van der Waals surface area contributed by atoms with E-state index in [0.717, 1.165) is 18.2 Å². The Kier molecular flexibility index (Phi) is 2.56. The molecule has 1 N–H and O–H groups in total. The zero-order valence-electron chi connectivity index (χ0n) is 9.70. The fourth-order valence-electron chi connectivity index (χ4n) is 2.99. The monoisotopic (exact) mass is 218 g/mol. The van der Waals surface area contributed by atoms with Crippen LogP contribution in [0.25, 0.3) is 0 Å². The van der Waals surface area contributed by atoms with Crippen molar-refractivity contribution >= 4 is 0 Å². The number of nitrogens with zero attached hydrogens (tertiary/aromatic N) is 1. The van der Waals surface area contributed by atoms with Crippen LogP contribution in [-0.2, 0) is 12.8 Å². The van der Waals surface area contributed by atoms with Crippen LogP contribution < -0.4 is 10.1 Å². The van der Waals surface area contributed by atoms with Gasteiger partial charge < -0.3 is 10.1 Å². The van der Waals surface area contributed by atoms with Gasteiger partial charge in [0.05, 0.1) is 7.11 Å². The van der Waals surface area contributed by atoms with E-state index in [1.54, 1.807) is 7.11 Å². The maximum absolute atomic E-state index is 5.17. The molecular weight excluding hydrogens is 200 g/mol. The molecule has 0 amide bonds. The smallest absolute Gasteiger partial charge is 0.213 e. The van der Waals surface area contributed by atoms with Crippen molar-refractivity contribution in [1.29, 1.82) is 0 Å². The third-order valence-electron chi connectivity index (χ3n) is 3.86. The summed E-state index contributed by atoms with van der Waals surface area (Å²) in [5.41, 5.74) is 2.66. The lowest BCUT2D eigenvalue weighted by atomic mass is 9.96. The highest BCUT2D eigenvalue weighted by molar-refractivity contribution is 5.31. The van der Waals surface area contributed by atoms with Gasteiger partial charge in [-0.05, 0) is 43.7 Å². The Hall–Kier alpha value is -1.09. The average molecular weight is 218 g/mol. The molecule has 0 bridgehead atoms. The first-order chi connectivity index (χ1) is 7.86. The van der Waals surface area contributed by atoms with Gasteiger partial charge in [0.15, 0.2) is 0 Å². The summed E-state index contributed by atoms with van der Waals surface area (Å²) < 4.78 is 5.17. The third-order valence-corrected chi connectivity index (χ3v) is 3.86. The molecule has 0 radical (unpaired) electrons. The van der Waals surface area contributed by atoms with Crippen LogP contribution >= 0.6 is 0 Å². The van der Waals surface area contributed by atoms with Gasteiger partial charge in [0, 0.05) is 17.8 Å². The lowest BCUT2D eigenvalue weighted by Crippen LogP contribution is -2.30. The molecule has 2 aliphatic rings. The van der Waals surface area contributed by atoms with E-state index < -0.39 is 0 Å². The molecule has 1 aliphatic carbocycles. The molecule has 1 saturated heterocycles. The van der Waals surface area contributed by atoms with Gasteiger partial charge in [0.25, 0.3) is 0 Å². The van der Waals surface area contributed by atoms with Crippen molar-refractivity contribution < 1.29 is 4.74 Å². The number of rotatable bonds is 2. The molecule has 2 atom stereocenters. The van der Waals surface area contributed by atoms with Crippen LogP contribution in [0.4, 0.5) is 0 Å². The van der Waals surface area contributed by atoms with E-state index >= 15 is 0 Å². The highest BCUT2D eigenvalue weighted by Crippen LogP contribution is 2.31. The van der Waals surface area contributed by atoms with Gasteiger partial charge in [-0.15, -0.1) is 0 Å². The third kappa shape index (κ3) is 1.69.